The highest BCUT2D eigenvalue weighted by atomic mass is 79.9. The molecule has 0 heterocycles. The van der Waals surface area contributed by atoms with Crippen LogP contribution in [0.25, 0.3) is 10.8 Å². The van der Waals surface area contributed by atoms with Gasteiger partial charge in [-0.3, -0.25) is 4.79 Å². The van der Waals surface area contributed by atoms with E-state index in [1.807, 2.05) is 24.3 Å². The molecular formula is C17H20BrNO. The highest BCUT2D eigenvalue weighted by molar-refractivity contribution is 9.09. The van der Waals surface area contributed by atoms with Crippen LogP contribution in [0.1, 0.15) is 25.8 Å². The van der Waals surface area contributed by atoms with E-state index in [1.165, 1.54) is 5.39 Å². The number of carbonyl (C=O) groups excluding carboxylic acids is 1. The molecule has 1 N–H and O–H groups in total. The van der Waals surface area contributed by atoms with E-state index in [1.54, 1.807) is 0 Å². The van der Waals surface area contributed by atoms with E-state index in [2.05, 4.69) is 53.3 Å². The minimum atomic E-state index is -0.179. The minimum absolute atomic E-state index is 0.0742. The lowest BCUT2D eigenvalue weighted by Crippen LogP contribution is -2.47. The monoisotopic (exact) mass is 333 g/mol. The van der Waals surface area contributed by atoms with Gasteiger partial charge in [0.2, 0.25) is 5.91 Å². The number of hydrogen-bond donors (Lipinski definition) is 1. The maximum atomic E-state index is 12.3. The lowest BCUT2D eigenvalue weighted by Gasteiger charge is -2.27. The molecule has 3 heteroatoms. The van der Waals surface area contributed by atoms with Gasteiger partial charge in [-0.05, 0) is 29.7 Å². The lowest BCUT2D eigenvalue weighted by atomic mass is 9.99. The van der Waals surface area contributed by atoms with Crippen molar-refractivity contribution in [3.05, 3.63) is 48.0 Å². The van der Waals surface area contributed by atoms with Crippen LogP contribution in [-0.2, 0) is 11.2 Å². The van der Waals surface area contributed by atoms with Gasteiger partial charge in [0.05, 0.1) is 6.42 Å². The van der Waals surface area contributed by atoms with Crippen LogP contribution in [0.4, 0.5) is 0 Å². The Morgan fingerprint density at radius 2 is 1.90 bits per heavy atom. The largest absolute Gasteiger partial charge is 0.350 e. The quantitative estimate of drug-likeness (QED) is 0.821. The van der Waals surface area contributed by atoms with E-state index in [4.69, 9.17) is 0 Å². The van der Waals surface area contributed by atoms with Crippen LogP contribution >= 0.6 is 15.9 Å². The van der Waals surface area contributed by atoms with Gasteiger partial charge in [0.25, 0.3) is 0 Å². The summed E-state index contributed by atoms with van der Waals surface area (Å²) in [4.78, 5) is 12.3. The van der Waals surface area contributed by atoms with Gasteiger partial charge in [-0.15, -0.1) is 0 Å². The molecule has 0 bridgehead atoms. The maximum absolute atomic E-state index is 12.3. The summed E-state index contributed by atoms with van der Waals surface area (Å²) in [5.41, 5.74) is 0.899. The standard InChI is InChI=1S/C17H20BrNO/c1-3-17(2,12-18)19-16(20)11-14-9-6-8-13-7-4-5-10-15(13)14/h4-10H,3,11-12H2,1-2H3,(H,19,20). The first-order chi connectivity index (χ1) is 9.58. The van der Waals surface area contributed by atoms with E-state index in [0.29, 0.717) is 6.42 Å². The van der Waals surface area contributed by atoms with Crippen LogP contribution in [0.3, 0.4) is 0 Å². The molecule has 2 aromatic rings. The van der Waals surface area contributed by atoms with Gasteiger partial charge in [0, 0.05) is 10.9 Å². The number of alkyl halides is 1. The molecule has 0 fully saturated rings. The number of benzene rings is 2. The van der Waals surface area contributed by atoms with Crippen LogP contribution in [0.5, 0.6) is 0 Å². The fraction of sp³-hybridized carbons (Fsp3) is 0.353. The average molecular weight is 334 g/mol. The lowest BCUT2D eigenvalue weighted by molar-refractivity contribution is -0.121. The molecule has 1 amide bonds. The van der Waals surface area contributed by atoms with Gasteiger partial charge in [0.1, 0.15) is 0 Å². The summed E-state index contributed by atoms with van der Waals surface area (Å²) in [5, 5.41) is 6.21. The van der Waals surface area contributed by atoms with Gasteiger partial charge < -0.3 is 5.32 Å². The Balaban J connectivity index is 2.18. The van der Waals surface area contributed by atoms with E-state index >= 15 is 0 Å². The van der Waals surface area contributed by atoms with Crippen molar-refractivity contribution in [2.24, 2.45) is 0 Å². The Hall–Kier alpha value is -1.35. The Kier molecular flexibility index (Phi) is 4.81. The van der Waals surface area contributed by atoms with Crippen LogP contribution in [0.15, 0.2) is 42.5 Å². The normalized spacial score (nSPS) is 13.9. The third-order valence-electron chi connectivity index (χ3n) is 3.75. The summed E-state index contributed by atoms with van der Waals surface area (Å²) in [6.07, 6.45) is 1.32. The number of rotatable bonds is 5. The molecule has 20 heavy (non-hydrogen) atoms. The number of amides is 1. The van der Waals surface area contributed by atoms with Crippen molar-refractivity contribution in [2.75, 3.05) is 5.33 Å². The van der Waals surface area contributed by atoms with Gasteiger partial charge in [-0.2, -0.15) is 0 Å². The molecule has 2 rings (SSSR count). The SMILES string of the molecule is CCC(C)(CBr)NC(=O)Cc1cccc2ccccc12. The molecule has 0 aliphatic carbocycles. The minimum Gasteiger partial charge on any atom is -0.350 e. The van der Waals surface area contributed by atoms with E-state index in [-0.39, 0.29) is 11.4 Å². The van der Waals surface area contributed by atoms with Crippen molar-refractivity contribution in [3.63, 3.8) is 0 Å². The summed E-state index contributed by atoms with van der Waals surface area (Å²) in [7, 11) is 0. The molecule has 0 spiro atoms. The Bertz CT molecular complexity index is 599. The molecule has 1 atom stereocenters. The molecule has 0 aliphatic rings. The van der Waals surface area contributed by atoms with E-state index in [9.17, 15) is 4.79 Å². The molecule has 106 valence electrons. The van der Waals surface area contributed by atoms with Gasteiger partial charge in [0.15, 0.2) is 0 Å². The van der Waals surface area contributed by atoms with Gasteiger partial charge in [-0.25, -0.2) is 0 Å². The zero-order valence-electron chi connectivity index (χ0n) is 11.9. The first-order valence-electron chi connectivity index (χ1n) is 6.91. The van der Waals surface area contributed by atoms with Gasteiger partial charge >= 0.3 is 0 Å². The Labute approximate surface area is 128 Å². The van der Waals surface area contributed by atoms with Gasteiger partial charge in [-0.1, -0.05) is 65.3 Å². The highest BCUT2D eigenvalue weighted by Crippen LogP contribution is 2.19. The van der Waals surface area contributed by atoms with Crippen molar-refractivity contribution >= 4 is 32.6 Å². The number of hydrogen-bond acceptors (Lipinski definition) is 1. The second kappa shape index (κ2) is 6.40. The predicted molar refractivity (Wildman–Crippen MR) is 88.3 cm³/mol. The second-order valence-corrected chi connectivity index (χ2v) is 5.97. The van der Waals surface area contributed by atoms with Crippen molar-refractivity contribution < 1.29 is 4.79 Å². The first-order valence-corrected chi connectivity index (χ1v) is 8.04. The fourth-order valence-corrected chi connectivity index (χ4v) is 2.75. The van der Waals surface area contributed by atoms with Crippen LogP contribution in [-0.4, -0.2) is 16.8 Å². The van der Waals surface area contributed by atoms with Crippen molar-refractivity contribution in [3.8, 4) is 0 Å². The Morgan fingerprint density at radius 1 is 1.20 bits per heavy atom. The van der Waals surface area contributed by atoms with E-state index < -0.39 is 0 Å². The average Bonchev–Trinajstić information content (AvgIpc) is 2.47. The highest BCUT2D eigenvalue weighted by Gasteiger charge is 2.22. The molecule has 0 saturated carbocycles. The zero-order chi connectivity index (χ0) is 14.6. The second-order valence-electron chi connectivity index (χ2n) is 5.41. The molecule has 1 unspecified atom stereocenters. The van der Waals surface area contributed by atoms with Crippen molar-refractivity contribution in [1.82, 2.24) is 5.32 Å². The smallest absolute Gasteiger partial charge is 0.224 e. The van der Waals surface area contributed by atoms with Crippen LogP contribution in [0, 0.1) is 0 Å². The molecule has 0 aliphatic heterocycles. The molecule has 2 nitrogen and oxygen atoms in total. The molecular weight excluding hydrogens is 314 g/mol. The number of fused-ring (bicyclic) bond motifs is 1. The maximum Gasteiger partial charge on any atom is 0.224 e. The van der Waals surface area contributed by atoms with E-state index in [0.717, 1.165) is 22.7 Å². The third kappa shape index (κ3) is 3.40. The zero-order valence-corrected chi connectivity index (χ0v) is 13.5. The predicted octanol–water partition coefficient (Wildman–Crippen LogP) is 4.06. The topological polar surface area (TPSA) is 29.1 Å². The summed E-state index contributed by atoms with van der Waals surface area (Å²) in [6.45, 7) is 4.14. The summed E-state index contributed by atoms with van der Waals surface area (Å²) in [6, 6.07) is 14.3. The third-order valence-corrected chi connectivity index (χ3v) is 4.99. The molecule has 0 saturated heterocycles. The van der Waals surface area contributed by atoms with Crippen molar-refractivity contribution in [1.29, 1.82) is 0 Å². The number of nitrogens with one attached hydrogen (secondary N) is 1. The Morgan fingerprint density at radius 3 is 2.60 bits per heavy atom. The first kappa shape index (κ1) is 15.0. The summed E-state index contributed by atoms with van der Waals surface area (Å²) >= 11 is 3.47. The molecule has 2 aromatic carbocycles. The fourth-order valence-electron chi connectivity index (χ4n) is 2.22. The number of halogens is 1. The molecule has 0 aromatic heterocycles. The summed E-state index contributed by atoms with van der Waals surface area (Å²) < 4.78 is 0. The van der Waals surface area contributed by atoms with Crippen LogP contribution in [0.2, 0.25) is 0 Å². The molecule has 0 radical (unpaired) electrons. The van der Waals surface area contributed by atoms with Crippen molar-refractivity contribution in [2.45, 2.75) is 32.2 Å². The van der Waals surface area contributed by atoms with Crippen LogP contribution < -0.4 is 5.32 Å². The number of carbonyl (C=O) groups is 1. The summed E-state index contributed by atoms with van der Waals surface area (Å²) in [5.74, 6) is 0.0742.